The number of hydrogen-bond acceptors (Lipinski definition) is 5. The van der Waals surface area contributed by atoms with Crippen LogP contribution >= 0.6 is 0 Å². The van der Waals surface area contributed by atoms with Crippen molar-refractivity contribution in [3.63, 3.8) is 0 Å². The number of carboxylic acids is 1. The van der Waals surface area contributed by atoms with Crippen molar-refractivity contribution >= 4 is 16.0 Å². The Morgan fingerprint density at radius 1 is 1.55 bits per heavy atom. The fourth-order valence-corrected chi connectivity index (χ4v) is 2.69. The Morgan fingerprint density at radius 3 is 2.80 bits per heavy atom. The Labute approximate surface area is 115 Å². The Balaban J connectivity index is 2.23. The molecule has 2 N–H and O–H groups in total. The average Bonchev–Trinajstić information content (AvgIpc) is 3.05. The molecular weight excluding hydrogens is 286 g/mol. The molecule has 0 radical (unpaired) electrons. The number of aryl methyl sites for hydroxylation is 1. The van der Waals surface area contributed by atoms with E-state index < -0.39 is 16.0 Å². The lowest BCUT2D eigenvalue weighted by atomic mass is 10.4. The van der Waals surface area contributed by atoms with E-state index in [9.17, 15) is 13.2 Å². The average molecular weight is 299 g/mol. The molecule has 9 heteroatoms. The van der Waals surface area contributed by atoms with E-state index in [4.69, 9.17) is 5.11 Å². The van der Waals surface area contributed by atoms with Gasteiger partial charge in [0.15, 0.2) is 0 Å². The number of aromatic nitrogens is 2. The van der Waals surface area contributed by atoms with Crippen LogP contribution in [-0.4, -0.2) is 29.2 Å². The second kappa shape index (κ2) is 5.47. The zero-order valence-corrected chi connectivity index (χ0v) is 11.4. The van der Waals surface area contributed by atoms with Gasteiger partial charge in [-0.1, -0.05) is 5.16 Å². The zero-order chi connectivity index (χ0) is 14.8. The molecule has 0 aliphatic carbocycles. The number of aromatic carboxylic acids is 1. The highest BCUT2D eigenvalue weighted by Crippen LogP contribution is 2.15. The van der Waals surface area contributed by atoms with Gasteiger partial charge in [-0.15, -0.1) is 0 Å². The summed E-state index contributed by atoms with van der Waals surface area (Å²) in [5.74, 6) is -1.18. The van der Waals surface area contributed by atoms with E-state index in [0.29, 0.717) is 12.2 Å². The van der Waals surface area contributed by atoms with Crippen LogP contribution < -0.4 is 4.72 Å². The lowest BCUT2D eigenvalue weighted by Gasteiger charge is -2.02. The fraction of sp³-hybridized carbons (Fsp3) is 0.273. The molecule has 0 bridgehead atoms. The summed E-state index contributed by atoms with van der Waals surface area (Å²) in [5.41, 5.74) is 0.358. The molecule has 0 aliphatic heterocycles. The first-order chi connectivity index (χ1) is 9.44. The first-order valence-corrected chi connectivity index (χ1v) is 7.24. The van der Waals surface area contributed by atoms with Gasteiger partial charge in [0.05, 0.1) is 12.2 Å². The third kappa shape index (κ3) is 2.89. The fourth-order valence-electron chi connectivity index (χ4n) is 1.65. The predicted octanol–water partition coefficient (Wildman–Crippen LogP) is 0.673. The van der Waals surface area contributed by atoms with Gasteiger partial charge in [-0.2, -0.15) is 0 Å². The molecule has 0 amide bonds. The third-order valence-corrected chi connectivity index (χ3v) is 4.04. The van der Waals surface area contributed by atoms with Crippen molar-refractivity contribution in [3.8, 4) is 0 Å². The summed E-state index contributed by atoms with van der Waals surface area (Å²) in [4.78, 5) is 10.9. The van der Waals surface area contributed by atoms with E-state index in [1.807, 2.05) is 0 Å². The van der Waals surface area contributed by atoms with Crippen molar-refractivity contribution in [3.05, 3.63) is 36.0 Å². The highest BCUT2D eigenvalue weighted by atomic mass is 32.2. The Morgan fingerprint density at radius 2 is 2.30 bits per heavy atom. The summed E-state index contributed by atoms with van der Waals surface area (Å²) in [6, 6.07) is 2.65. The molecule has 0 unspecified atom stereocenters. The molecular formula is C11H13N3O5S. The van der Waals surface area contributed by atoms with Crippen molar-refractivity contribution in [1.29, 1.82) is 0 Å². The molecule has 2 aromatic heterocycles. The normalized spacial score (nSPS) is 11.7. The number of sulfonamides is 1. The summed E-state index contributed by atoms with van der Waals surface area (Å²) in [6.07, 6.45) is 2.62. The molecule has 0 spiro atoms. The second-order valence-electron chi connectivity index (χ2n) is 3.97. The molecule has 0 atom stereocenters. The van der Waals surface area contributed by atoms with Crippen molar-refractivity contribution < 1.29 is 22.8 Å². The minimum absolute atomic E-state index is 0.0292. The van der Waals surface area contributed by atoms with Crippen LogP contribution in [0.1, 0.15) is 23.1 Å². The first kappa shape index (κ1) is 14.3. The smallest absolute Gasteiger partial charge is 0.352 e. The van der Waals surface area contributed by atoms with Gasteiger partial charge in [0, 0.05) is 18.8 Å². The maximum absolute atomic E-state index is 12.1. The SMILES string of the molecule is CCn1cc(S(=O)(=O)NCc2ccon2)cc1C(=O)O. The Bertz CT molecular complexity index is 703. The minimum atomic E-state index is -3.80. The van der Waals surface area contributed by atoms with Gasteiger partial charge in [-0.05, 0) is 13.0 Å². The van der Waals surface area contributed by atoms with E-state index in [1.54, 1.807) is 6.92 Å². The molecule has 0 saturated heterocycles. The van der Waals surface area contributed by atoms with Crippen molar-refractivity contribution in [2.45, 2.75) is 24.9 Å². The molecule has 2 aromatic rings. The van der Waals surface area contributed by atoms with Crippen molar-refractivity contribution in [2.75, 3.05) is 0 Å². The van der Waals surface area contributed by atoms with E-state index >= 15 is 0 Å². The summed E-state index contributed by atoms with van der Waals surface area (Å²) in [6.45, 7) is 2.06. The summed E-state index contributed by atoms with van der Waals surface area (Å²) in [5, 5.41) is 12.6. The molecule has 0 aliphatic rings. The van der Waals surface area contributed by atoms with Gasteiger partial charge in [-0.25, -0.2) is 17.9 Å². The highest BCUT2D eigenvalue weighted by molar-refractivity contribution is 7.89. The van der Waals surface area contributed by atoms with Gasteiger partial charge >= 0.3 is 5.97 Å². The van der Waals surface area contributed by atoms with Crippen LogP contribution in [0.3, 0.4) is 0 Å². The van der Waals surface area contributed by atoms with Crippen LogP contribution in [0.15, 0.2) is 34.0 Å². The number of hydrogen-bond donors (Lipinski definition) is 2. The predicted molar refractivity (Wildman–Crippen MR) is 67.6 cm³/mol. The summed E-state index contributed by atoms with van der Waals surface area (Å²) < 4.78 is 32.4. The van der Waals surface area contributed by atoms with Crippen LogP contribution in [0.5, 0.6) is 0 Å². The topological polar surface area (TPSA) is 114 Å². The largest absolute Gasteiger partial charge is 0.477 e. The van der Waals surface area contributed by atoms with Gasteiger partial charge in [0.25, 0.3) is 0 Å². The first-order valence-electron chi connectivity index (χ1n) is 5.76. The molecule has 20 heavy (non-hydrogen) atoms. The summed E-state index contributed by atoms with van der Waals surface area (Å²) >= 11 is 0. The lowest BCUT2D eigenvalue weighted by Crippen LogP contribution is -2.23. The quantitative estimate of drug-likeness (QED) is 0.810. The van der Waals surface area contributed by atoms with Gasteiger partial charge in [0.2, 0.25) is 10.0 Å². The maximum atomic E-state index is 12.1. The van der Waals surface area contributed by atoms with Gasteiger partial charge < -0.3 is 14.2 Å². The molecule has 2 rings (SSSR count). The monoisotopic (exact) mass is 299 g/mol. The van der Waals surface area contributed by atoms with E-state index in [1.165, 1.54) is 23.1 Å². The van der Waals surface area contributed by atoms with Gasteiger partial charge in [0.1, 0.15) is 16.9 Å². The molecule has 8 nitrogen and oxygen atoms in total. The van der Waals surface area contributed by atoms with Crippen LogP contribution in [0, 0.1) is 0 Å². The standard InChI is InChI=1S/C11H13N3O5S/c1-2-14-7-9(5-10(14)11(15)16)20(17,18)12-6-8-3-4-19-13-8/h3-5,7,12H,2,6H2,1H3,(H,15,16). The molecule has 0 aromatic carbocycles. The Hall–Kier alpha value is -2.13. The minimum Gasteiger partial charge on any atom is -0.477 e. The number of carbonyl (C=O) groups is 1. The number of nitrogens with one attached hydrogen (secondary N) is 1. The second-order valence-corrected chi connectivity index (χ2v) is 5.73. The van der Waals surface area contributed by atoms with Crippen molar-refractivity contribution in [2.24, 2.45) is 0 Å². The number of carboxylic acid groups (broad SMARTS) is 1. The lowest BCUT2D eigenvalue weighted by molar-refractivity contribution is 0.0685. The van der Waals surface area contributed by atoms with Crippen LogP contribution in [0.4, 0.5) is 0 Å². The van der Waals surface area contributed by atoms with E-state index in [-0.39, 0.29) is 17.1 Å². The molecule has 0 saturated carbocycles. The molecule has 2 heterocycles. The Kier molecular flexibility index (Phi) is 3.91. The van der Waals surface area contributed by atoms with Crippen LogP contribution in [-0.2, 0) is 23.1 Å². The maximum Gasteiger partial charge on any atom is 0.352 e. The van der Waals surface area contributed by atoms with E-state index in [2.05, 4.69) is 14.4 Å². The number of rotatable bonds is 6. The van der Waals surface area contributed by atoms with E-state index in [0.717, 1.165) is 6.07 Å². The van der Waals surface area contributed by atoms with Crippen molar-refractivity contribution in [1.82, 2.24) is 14.4 Å². The van der Waals surface area contributed by atoms with Crippen LogP contribution in [0.25, 0.3) is 0 Å². The molecule has 108 valence electrons. The van der Waals surface area contributed by atoms with Gasteiger partial charge in [-0.3, -0.25) is 0 Å². The van der Waals surface area contributed by atoms with Crippen LogP contribution in [0.2, 0.25) is 0 Å². The summed E-state index contributed by atoms with van der Waals surface area (Å²) in [7, 11) is -3.80. The molecule has 0 fully saturated rings. The third-order valence-electron chi connectivity index (χ3n) is 2.68. The zero-order valence-electron chi connectivity index (χ0n) is 10.6. The highest BCUT2D eigenvalue weighted by Gasteiger charge is 2.20. The number of nitrogens with zero attached hydrogens (tertiary/aromatic N) is 2.